The number of guanidine groups is 1. The van der Waals surface area contributed by atoms with Crippen molar-refractivity contribution in [3.63, 3.8) is 0 Å². The Balaban J connectivity index is 1.58. The van der Waals surface area contributed by atoms with Crippen LogP contribution in [0.25, 0.3) is 0 Å². The first-order valence-electron chi connectivity index (χ1n) is 10.3. The predicted molar refractivity (Wildman–Crippen MR) is 115 cm³/mol. The number of benzene rings is 1. The summed E-state index contributed by atoms with van der Waals surface area (Å²) in [6.07, 6.45) is 3.37. The zero-order chi connectivity index (χ0) is 19.5. The van der Waals surface area contributed by atoms with Gasteiger partial charge >= 0.3 is 0 Å². The van der Waals surface area contributed by atoms with E-state index in [4.69, 9.17) is 4.74 Å². The number of rotatable bonds is 8. The van der Waals surface area contributed by atoms with Crippen molar-refractivity contribution in [3.8, 4) is 0 Å². The summed E-state index contributed by atoms with van der Waals surface area (Å²) in [6.45, 7) is 13.7. The molecule has 1 aliphatic rings. The van der Waals surface area contributed by atoms with Crippen LogP contribution < -0.4 is 10.6 Å². The fraction of sp³-hybridized carbons (Fsp3) is 0.682. The molecule has 1 aromatic rings. The van der Waals surface area contributed by atoms with Crippen molar-refractivity contribution in [2.24, 2.45) is 4.99 Å². The molecule has 0 amide bonds. The standard InChI is InChI=1S/C22H38N4O/c1-22(2,3)20-9-7-19(8-10-20)11-13-25-21(23-4)24-12-5-6-14-26-15-17-27-18-16-26/h7-10H,5-6,11-18H2,1-4H3,(H2,23,24,25). The van der Waals surface area contributed by atoms with E-state index in [1.54, 1.807) is 0 Å². The number of aliphatic imine (C=N–C) groups is 1. The van der Waals surface area contributed by atoms with Crippen molar-refractivity contribution < 1.29 is 4.74 Å². The van der Waals surface area contributed by atoms with E-state index in [-0.39, 0.29) is 5.41 Å². The molecule has 0 unspecified atom stereocenters. The van der Waals surface area contributed by atoms with E-state index in [0.717, 1.165) is 58.2 Å². The van der Waals surface area contributed by atoms with Crippen LogP contribution >= 0.6 is 0 Å². The highest BCUT2D eigenvalue weighted by Crippen LogP contribution is 2.22. The van der Waals surface area contributed by atoms with E-state index < -0.39 is 0 Å². The average Bonchev–Trinajstić information content (AvgIpc) is 2.67. The largest absolute Gasteiger partial charge is 0.379 e. The Hall–Kier alpha value is -1.59. The molecule has 0 radical (unpaired) electrons. The van der Waals surface area contributed by atoms with Crippen LogP contribution in [-0.4, -0.2) is 63.8 Å². The number of morpholine rings is 1. The van der Waals surface area contributed by atoms with Crippen molar-refractivity contribution in [1.82, 2.24) is 15.5 Å². The van der Waals surface area contributed by atoms with Crippen molar-refractivity contribution in [3.05, 3.63) is 35.4 Å². The third-order valence-corrected chi connectivity index (χ3v) is 5.05. The minimum Gasteiger partial charge on any atom is -0.379 e. The molecule has 1 aliphatic heterocycles. The summed E-state index contributed by atoms with van der Waals surface area (Å²) >= 11 is 0. The maximum atomic E-state index is 5.39. The van der Waals surface area contributed by atoms with Gasteiger partial charge in [0.15, 0.2) is 5.96 Å². The summed E-state index contributed by atoms with van der Waals surface area (Å²) in [6, 6.07) is 8.97. The highest BCUT2D eigenvalue weighted by molar-refractivity contribution is 5.79. The quantitative estimate of drug-likeness (QED) is 0.417. The highest BCUT2D eigenvalue weighted by atomic mass is 16.5. The van der Waals surface area contributed by atoms with Gasteiger partial charge in [-0.3, -0.25) is 9.89 Å². The first-order chi connectivity index (χ1) is 13.0. The molecule has 1 saturated heterocycles. The molecule has 2 rings (SSSR count). The summed E-state index contributed by atoms with van der Waals surface area (Å²) in [7, 11) is 1.83. The van der Waals surface area contributed by atoms with Crippen LogP contribution in [0, 0.1) is 0 Å². The Kier molecular flexibility index (Phi) is 9.08. The minimum atomic E-state index is 0.213. The maximum Gasteiger partial charge on any atom is 0.190 e. The fourth-order valence-corrected chi connectivity index (χ4v) is 3.21. The third kappa shape index (κ3) is 8.31. The summed E-state index contributed by atoms with van der Waals surface area (Å²) in [4.78, 5) is 6.81. The van der Waals surface area contributed by atoms with Crippen LogP contribution in [-0.2, 0) is 16.6 Å². The Morgan fingerprint density at radius 2 is 1.70 bits per heavy atom. The van der Waals surface area contributed by atoms with Gasteiger partial charge in [0.2, 0.25) is 0 Å². The maximum absolute atomic E-state index is 5.39. The smallest absolute Gasteiger partial charge is 0.190 e. The second-order valence-electron chi connectivity index (χ2n) is 8.28. The van der Waals surface area contributed by atoms with Crippen molar-refractivity contribution in [1.29, 1.82) is 0 Å². The number of hydrogen-bond donors (Lipinski definition) is 2. The summed E-state index contributed by atoms with van der Waals surface area (Å²) < 4.78 is 5.39. The minimum absolute atomic E-state index is 0.213. The van der Waals surface area contributed by atoms with Gasteiger partial charge in [0.05, 0.1) is 13.2 Å². The molecule has 0 aromatic heterocycles. The zero-order valence-corrected chi connectivity index (χ0v) is 17.7. The average molecular weight is 375 g/mol. The van der Waals surface area contributed by atoms with Crippen LogP contribution in [0.2, 0.25) is 0 Å². The molecule has 1 heterocycles. The van der Waals surface area contributed by atoms with E-state index >= 15 is 0 Å². The van der Waals surface area contributed by atoms with Gasteiger partial charge in [0.1, 0.15) is 0 Å². The number of hydrogen-bond acceptors (Lipinski definition) is 3. The lowest BCUT2D eigenvalue weighted by atomic mass is 9.86. The van der Waals surface area contributed by atoms with Crippen LogP contribution in [0.4, 0.5) is 0 Å². The molecule has 0 spiro atoms. The Labute approximate surface area is 165 Å². The number of nitrogens with zero attached hydrogens (tertiary/aromatic N) is 2. The van der Waals surface area contributed by atoms with E-state index in [1.807, 2.05) is 7.05 Å². The molecule has 0 atom stereocenters. The SMILES string of the molecule is CN=C(NCCCCN1CCOCC1)NCCc1ccc(C(C)(C)C)cc1. The Morgan fingerprint density at radius 3 is 2.33 bits per heavy atom. The predicted octanol–water partition coefficient (Wildman–Crippen LogP) is 2.80. The van der Waals surface area contributed by atoms with E-state index in [9.17, 15) is 0 Å². The molecule has 152 valence electrons. The first kappa shape index (κ1) is 21.7. The number of ether oxygens (including phenoxy) is 1. The lowest BCUT2D eigenvalue weighted by Gasteiger charge is -2.26. The topological polar surface area (TPSA) is 48.9 Å². The number of nitrogens with one attached hydrogen (secondary N) is 2. The molecule has 5 nitrogen and oxygen atoms in total. The normalized spacial score (nSPS) is 16.4. The van der Waals surface area contributed by atoms with Crippen molar-refractivity contribution in [2.75, 3.05) is 53.0 Å². The Morgan fingerprint density at radius 1 is 1.04 bits per heavy atom. The van der Waals surface area contributed by atoms with Crippen LogP contribution in [0.5, 0.6) is 0 Å². The van der Waals surface area contributed by atoms with Gasteiger partial charge in [-0.15, -0.1) is 0 Å². The lowest BCUT2D eigenvalue weighted by Crippen LogP contribution is -2.39. The number of unbranched alkanes of at least 4 members (excludes halogenated alkanes) is 1. The van der Waals surface area contributed by atoms with Gasteiger partial charge in [0, 0.05) is 33.2 Å². The molecule has 0 aliphatic carbocycles. The summed E-state index contributed by atoms with van der Waals surface area (Å²) in [5, 5.41) is 6.83. The van der Waals surface area contributed by atoms with Gasteiger partial charge in [0.25, 0.3) is 0 Å². The molecule has 1 fully saturated rings. The summed E-state index contributed by atoms with van der Waals surface area (Å²) in [5.74, 6) is 0.896. The Bertz CT molecular complexity index is 557. The van der Waals surface area contributed by atoms with Crippen molar-refractivity contribution in [2.45, 2.75) is 45.4 Å². The van der Waals surface area contributed by atoms with Crippen LogP contribution in [0.15, 0.2) is 29.3 Å². The fourth-order valence-electron chi connectivity index (χ4n) is 3.21. The molecule has 1 aromatic carbocycles. The molecule has 0 bridgehead atoms. The first-order valence-corrected chi connectivity index (χ1v) is 10.3. The molecule has 2 N–H and O–H groups in total. The van der Waals surface area contributed by atoms with Gasteiger partial charge in [-0.2, -0.15) is 0 Å². The van der Waals surface area contributed by atoms with Crippen LogP contribution in [0.1, 0.15) is 44.7 Å². The molecule has 27 heavy (non-hydrogen) atoms. The van der Waals surface area contributed by atoms with E-state index in [2.05, 4.69) is 65.6 Å². The molecular formula is C22H38N4O. The zero-order valence-electron chi connectivity index (χ0n) is 17.7. The lowest BCUT2D eigenvalue weighted by molar-refractivity contribution is 0.0372. The van der Waals surface area contributed by atoms with Crippen LogP contribution in [0.3, 0.4) is 0 Å². The molecule has 0 saturated carbocycles. The third-order valence-electron chi connectivity index (χ3n) is 5.05. The highest BCUT2D eigenvalue weighted by Gasteiger charge is 2.12. The van der Waals surface area contributed by atoms with Gasteiger partial charge in [-0.25, -0.2) is 0 Å². The van der Waals surface area contributed by atoms with Gasteiger partial charge < -0.3 is 15.4 Å². The molecule has 5 heteroatoms. The van der Waals surface area contributed by atoms with Gasteiger partial charge in [-0.05, 0) is 42.3 Å². The molecular weight excluding hydrogens is 336 g/mol. The van der Waals surface area contributed by atoms with Crippen molar-refractivity contribution >= 4 is 5.96 Å². The van der Waals surface area contributed by atoms with Gasteiger partial charge in [-0.1, -0.05) is 45.0 Å². The van der Waals surface area contributed by atoms with E-state index in [0.29, 0.717) is 0 Å². The second kappa shape index (κ2) is 11.3. The summed E-state index contributed by atoms with van der Waals surface area (Å²) in [5.41, 5.74) is 2.95. The monoisotopic (exact) mass is 374 g/mol. The van der Waals surface area contributed by atoms with E-state index in [1.165, 1.54) is 24.1 Å². The second-order valence-corrected chi connectivity index (χ2v) is 8.28.